The van der Waals surface area contributed by atoms with Crippen LogP contribution in [0.3, 0.4) is 0 Å². The number of nitrogens with one attached hydrogen (secondary N) is 1. The summed E-state index contributed by atoms with van der Waals surface area (Å²) in [5, 5.41) is 3.67. The molecule has 88 valence electrons. The first-order valence-electron chi connectivity index (χ1n) is 6.23. The highest BCUT2D eigenvalue weighted by Gasteiger charge is 2.33. The van der Waals surface area contributed by atoms with E-state index in [4.69, 9.17) is 0 Å². The van der Waals surface area contributed by atoms with Gasteiger partial charge in [-0.25, -0.2) is 0 Å². The lowest BCUT2D eigenvalue weighted by atomic mass is 9.87. The SMILES string of the molecule is Cc1ccc(CNC2CCCC2(C)C)cn1. The van der Waals surface area contributed by atoms with Crippen molar-refractivity contribution < 1.29 is 0 Å². The van der Waals surface area contributed by atoms with Crippen molar-refractivity contribution in [2.75, 3.05) is 0 Å². The number of aromatic nitrogens is 1. The van der Waals surface area contributed by atoms with Crippen LogP contribution in [-0.4, -0.2) is 11.0 Å². The number of pyridine rings is 1. The van der Waals surface area contributed by atoms with Crippen LogP contribution in [0.15, 0.2) is 18.3 Å². The van der Waals surface area contributed by atoms with Crippen molar-refractivity contribution in [2.45, 2.75) is 52.6 Å². The molecule has 1 fully saturated rings. The molecule has 0 aromatic carbocycles. The lowest BCUT2D eigenvalue weighted by molar-refractivity contribution is 0.282. The summed E-state index contributed by atoms with van der Waals surface area (Å²) in [5.41, 5.74) is 2.83. The third kappa shape index (κ3) is 2.62. The fraction of sp³-hybridized carbons (Fsp3) is 0.643. The summed E-state index contributed by atoms with van der Waals surface area (Å²) in [6.45, 7) is 7.70. The zero-order valence-electron chi connectivity index (χ0n) is 10.6. The Morgan fingerprint density at radius 3 is 2.81 bits per heavy atom. The summed E-state index contributed by atoms with van der Waals surface area (Å²) in [5.74, 6) is 0. The van der Waals surface area contributed by atoms with Crippen LogP contribution in [0.1, 0.15) is 44.4 Å². The van der Waals surface area contributed by atoms with Gasteiger partial charge in [-0.1, -0.05) is 26.3 Å². The van der Waals surface area contributed by atoms with Gasteiger partial charge in [-0.3, -0.25) is 4.98 Å². The van der Waals surface area contributed by atoms with Crippen LogP contribution < -0.4 is 5.32 Å². The van der Waals surface area contributed by atoms with Gasteiger partial charge < -0.3 is 5.32 Å². The van der Waals surface area contributed by atoms with Crippen molar-refractivity contribution in [2.24, 2.45) is 5.41 Å². The number of hydrogen-bond acceptors (Lipinski definition) is 2. The molecule has 1 aromatic rings. The second kappa shape index (κ2) is 4.54. The zero-order chi connectivity index (χ0) is 11.6. The minimum Gasteiger partial charge on any atom is -0.309 e. The second-order valence-corrected chi connectivity index (χ2v) is 5.62. The van der Waals surface area contributed by atoms with Crippen LogP contribution in [0, 0.1) is 12.3 Å². The molecule has 0 aliphatic heterocycles. The fourth-order valence-electron chi connectivity index (χ4n) is 2.55. The molecule has 16 heavy (non-hydrogen) atoms. The lowest BCUT2D eigenvalue weighted by Gasteiger charge is -2.28. The van der Waals surface area contributed by atoms with Crippen molar-refractivity contribution >= 4 is 0 Å². The summed E-state index contributed by atoms with van der Waals surface area (Å²) in [6.07, 6.45) is 5.99. The Kier molecular flexibility index (Phi) is 3.29. The molecule has 0 radical (unpaired) electrons. The first kappa shape index (κ1) is 11.6. The largest absolute Gasteiger partial charge is 0.309 e. The van der Waals surface area contributed by atoms with Crippen molar-refractivity contribution in [3.63, 3.8) is 0 Å². The van der Waals surface area contributed by atoms with Gasteiger partial charge in [0.1, 0.15) is 0 Å². The summed E-state index contributed by atoms with van der Waals surface area (Å²) in [6, 6.07) is 4.91. The predicted octanol–water partition coefficient (Wildman–Crippen LogP) is 3.06. The summed E-state index contributed by atoms with van der Waals surface area (Å²) < 4.78 is 0. The molecule has 0 saturated heterocycles. The summed E-state index contributed by atoms with van der Waals surface area (Å²) in [4.78, 5) is 4.32. The van der Waals surface area contributed by atoms with E-state index >= 15 is 0 Å². The molecule has 0 spiro atoms. The Labute approximate surface area is 98.5 Å². The van der Waals surface area contributed by atoms with Crippen molar-refractivity contribution in [1.29, 1.82) is 0 Å². The summed E-state index contributed by atoms with van der Waals surface area (Å²) >= 11 is 0. The topological polar surface area (TPSA) is 24.9 Å². The van der Waals surface area contributed by atoms with Gasteiger partial charge in [0.05, 0.1) is 0 Å². The number of rotatable bonds is 3. The average molecular weight is 218 g/mol. The molecule has 1 heterocycles. The molecular formula is C14H22N2. The van der Waals surface area contributed by atoms with Gasteiger partial charge in [0.15, 0.2) is 0 Å². The first-order chi connectivity index (χ1) is 7.58. The van der Waals surface area contributed by atoms with Gasteiger partial charge in [-0.15, -0.1) is 0 Å². The normalized spacial score (nSPS) is 23.6. The average Bonchev–Trinajstić information content (AvgIpc) is 2.57. The Balaban J connectivity index is 1.90. The molecule has 2 rings (SSSR count). The van der Waals surface area contributed by atoms with Crippen LogP contribution in [0.5, 0.6) is 0 Å². The van der Waals surface area contributed by atoms with Gasteiger partial charge in [0.2, 0.25) is 0 Å². The van der Waals surface area contributed by atoms with Gasteiger partial charge in [-0.2, -0.15) is 0 Å². The molecule has 1 atom stereocenters. The van der Waals surface area contributed by atoms with E-state index in [1.807, 2.05) is 13.1 Å². The minimum absolute atomic E-state index is 0.456. The number of nitrogens with zero attached hydrogens (tertiary/aromatic N) is 1. The van der Waals surface area contributed by atoms with Crippen molar-refractivity contribution in [3.8, 4) is 0 Å². The van der Waals surface area contributed by atoms with Gasteiger partial charge in [0.25, 0.3) is 0 Å². The standard InChI is InChI=1S/C14H22N2/c1-11-6-7-12(9-15-11)10-16-13-5-4-8-14(13,2)3/h6-7,9,13,16H,4-5,8,10H2,1-3H3. The van der Waals surface area contributed by atoms with Crippen LogP contribution in [-0.2, 0) is 6.54 Å². The van der Waals surface area contributed by atoms with Crippen molar-refractivity contribution in [3.05, 3.63) is 29.6 Å². The molecule has 0 amide bonds. The quantitative estimate of drug-likeness (QED) is 0.843. The number of aryl methyl sites for hydroxylation is 1. The van der Waals surface area contributed by atoms with E-state index in [2.05, 4.69) is 36.3 Å². The van der Waals surface area contributed by atoms with Gasteiger partial charge in [-0.05, 0) is 36.8 Å². The van der Waals surface area contributed by atoms with E-state index in [0.717, 1.165) is 12.2 Å². The highest BCUT2D eigenvalue weighted by molar-refractivity contribution is 5.13. The molecule has 1 N–H and O–H groups in total. The highest BCUT2D eigenvalue weighted by Crippen LogP contribution is 2.37. The smallest absolute Gasteiger partial charge is 0.0372 e. The molecule has 0 bridgehead atoms. The molecule has 2 nitrogen and oxygen atoms in total. The first-order valence-corrected chi connectivity index (χ1v) is 6.23. The van der Waals surface area contributed by atoms with Gasteiger partial charge >= 0.3 is 0 Å². The third-order valence-corrected chi connectivity index (χ3v) is 3.78. The van der Waals surface area contributed by atoms with E-state index in [1.54, 1.807) is 0 Å². The van der Waals surface area contributed by atoms with Crippen LogP contribution in [0.2, 0.25) is 0 Å². The van der Waals surface area contributed by atoms with Crippen LogP contribution >= 0.6 is 0 Å². The monoisotopic (exact) mass is 218 g/mol. The molecule has 1 unspecified atom stereocenters. The maximum atomic E-state index is 4.32. The molecule has 1 saturated carbocycles. The number of hydrogen-bond donors (Lipinski definition) is 1. The van der Waals surface area contributed by atoms with E-state index in [0.29, 0.717) is 11.5 Å². The Hall–Kier alpha value is -0.890. The molecular weight excluding hydrogens is 196 g/mol. The Morgan fingerprint density at radius 2 is 2.25 bits per heavy atom. The minimum atomic E-state index is 0.456. The Morgan fingerprint density at radius 1 is 1.44 bits per heavy atom. The maximum Gasteiger partial charge on any atom is 0.0372 e. The molecule has 2 heteroatoms. The highest BCUT2D eigenvalue weighted by atomic mass is 14.9. The maximum absolute atomic E-state index is 4.32. The molecule has 1 aliphatic rings. The van der Waals surface area contributed by atoms with E-state index < -0.39 is 0 Å². The zero-order valence-corrected chi connectivity index (χ0v) is 10.6. The van der Waals surface area contributed by atoms with Gasteiger partial charge in [0, 0.05) is 24.5 Å². The molecule has 1 aromatic heterocycles. The predicted molar refractivity (Wildman–Crippen MR) is 67.2 cm³/mol. The van der Waals surface area contributed by atoms with Crippen LogP contribution in [0.25, 0.3) is 0 Å². The van der Waals surface area contributed by atoms with Crippen LogP contribution in [0.4, 0.5) is 0 Å². The fourth-order valence-corrected chi connectivity index (χ4v) is 2.55. The molecule has 1 aliphatic carbocycles. The van der Waals surface area contributed by atoms with Crippen molar-refractivity contribution in [1.82, 2.24) is 10.3 Å². The second-order valence-electron chi connectivity index (χ2n) is 5.62. The summed E-state index contributed by atoms with van der Waals surface area (Å²) in [7, 11) is 0. The Bertz CT molecular complexity index is 340. The van der Waals surface area contributed by atoms with E-state index in [-0.39, 0.29) is 0 Å². The lowest BCUT2D eigenvalue weighted by Crippen LogP contribution is -2.37. The van der Waals surface area contributed by atoms with E-state index in [9.17, 15) is 0 Å². The van der Waals surface area contributed by atoms with E-state index in [1.165, 1.54) is 24.8 Å². The third-order valence-electron chi connectivity index (χ3n) is 3.78.